The van der Waals surface area contributed by atoms with Crippen LogP contribution in [-0.4, -0.2) is 25.2 Å². The highest BCUT2D eigenvalue weighted by molar-refractivity contribution is 5.42. The van der Waals surface area contributed by atoms with Crippen LogP contribution >= 0.6 is 0 Å². The van der Waals surface area contributed by atoms with Gasteiger partial charge in [0.25, 0.3) is 0 Å². The molecule has 0 aliphatic carbocycles. The molecule has 0 aliphatic rings. The van der Waals surface area contributed by atoms with Gasteiger partial charge in [-0.2, -0.15) is 5.26 Å². The van der Waals surface area contributed by atoms with E-state index in [9.17, 15) is 0 Å². The van der Waals surface area contributed by atoms with Crippen LogP contribution in [0.4, 0.5) is 0 Å². The van der Waals surface area contributed by atoms with Gasteiger partial charge in [0.05, 0.1) is 12.2 Å². The lowest BCUT2D eigenvalue weighted by molar-refractivity contribution is 0.295. The number of ether oxygens (including phenoxy) is 1. The number of nitrogens with two attached hydrogens (primary N) is 1. The molecule has 98 valence electrons. The topological polar surface area (TPSA) is 71.1 Å². The summed E-state index contributed by atoms with van der Waals surface area (Å²) in [4.78, 5) is 0. The standard InChI is InChI=1S/C14H21N3O/c1-14(2,11-16)17-8-5-9-18-13-7-4-3-6-12(13)10-15/h3-4,6-7,17H,5,8-9,11,16H2,1-2H3. The number of hydrogen-bond donors (Lipinski definition) is 2. The van der Waals surface area contributed by atoms with Gasteiger partial charge in [-0.15, -0.1) is 0 Å². The molecule has 0 radical (unpaired) electrons. The Kier molecular flexibility index (Phi) is 5.63. The van der Waals surface area contributed by atoms with Crippen LogP contribution in [0.15, 0.2) is 24.3 Å². The van der Waals surface area contributed by atoms with Crippen molar-refractivity contribution in [1.29, 1.82) is 5.26 Å². The minimum atomic E-state index is -0.0371. The van der Waals surface area contributed by atoms with E-state index in [4.69, 9.17) is 15.7 Å². The van der Waals surface area contributed by atoms with Gasteiger partial charge in [0.15, 0.2) is 0 Å². The van der Waals surface area contributed by atoms with Gasteiger partial charge in [-0.25, -0.2) is 0 Å². The van der Waals surface area contributed by atoms with E-state index in [-0.39, 0.29) is 5.54 Å². The summed E-state index contributed by atoms with van der Waals surface area (Å²) in [5.74, 6) is 0.651. The van der Waals surface area contributed by atoms with Crippen molar-refractivity contribution in [1.82, 2.24) is 5.32 Å². The average molecular weight is 247 g/mol. The number of nitrogens with zero attached hydrogens (tertiary/aromatic N) is 1. The Hall–Kier alpha value is -1.57. The zero-order valence-electron chi connectivity index (χ0n) is 11.1. The Morgan fingerprint density at radius 2 is 2.11 bits per heavy atom. The van der Waals surface area contributed by atoms with Crippen LogP contribution in [0.1, 0.15) is 25.8 Å². The van der Waals surface area contributed by atoms with E-state index in [1.165, 1.54) is 0 Å². The van der Waals surface area contributed by atoms with E-state index >= 15 is 0 Å². The third-order valence-corrected chi connectivity index (χ3v) is 2.70. The van der Waals surface area contributed by atoms with Crippen molar-refractivity contribution in [3.8, 4) is 11.8 Å². The molecular formula is C14H21N3O. The van der Waals surface area contributed by atoms with E-state index in [2.05, 4.69) is 25.2 Å². The normalized spacial score (nSPS) is 11.0. The summed E-state index contributed by atoms with van der Waals surface area (Å²) in [6.07, 6.45) is 0.878. The molecule has 0 aliphatic heterocycles. The second-order valence-corrected chi connectivity index (χ2v) is 4.82. The zero-order chi connectivity index (χ0) is 13.4. The van der Waals surface area contributed by atoms with E-state index in [0.29, 0.717) is 24.5 Å². The van der Waals surface area contributed by atoms with Crippen molar-refractivity contribution in [2.45, 2.75) is 25.8 Å². The van der Waals surface area contributed by atoms with Crippen LogP contribution in [0.2, 0.25) is 0 Å². The summed E-state index contributed by atoms with van der Waals surface area (Å²) in [6, 6.07) is 9.38. The fraction of sp³-hybridized carbons (Fsp3) is 0.500. The fourth-order valence-corrected chi connectivity index (χ4v) is 1.44. The van der Waals surface area contributed by atoms with Crippen LogP contribution < -0.4 is 15.8 Å². The molecule has 0 spiro atoms. The summed E-state index contributed by atoms with van der Waals surface area (Å²) in [7, 11) is 0. The first-order chi connectivity index (χ1) is 8.59. The Morgan fingerprint density at radius 1 is 1.39 bits per heavy atom. The number of hydrogen-bond acceptors (Lipinski definition) is 4. The van der Waals surface area contributed by atoms with Crippen molar-refractivity contribution < 1.29 is 4.74 Å². The Morgan fingerprint density at radius 3 is 2.78 bits per heavy atom. The smallest absolute Gasteiger partial charge is 0.137 e. The van der Waals surface area contributed by atoms with Crippen LogP contribution in [0.5, 0.6) is 5.75 Å². The van der Waals surface area contributed by atoms with Crippen molar-refractivity contribution in [2.75, 3.05) is 19.7 Å². The highest BCUT2D eigenvalue weighted by Gasteiger charge is 2.13. The number of nitrogens with one attached hydrogen (secondary N) is 1. The van der Waals surface area contributed by atoms with Gasteiger partial charge in [-0.1, -0.05) is 12.1 Å². The monoisotopic (exact) mass is 247 g/mol. The molecule has 4 heteroatoms. The predicted molar refractivity (Wildman–Crippen MR) is 72.4 cm³/mol. The molecule has 1 rings (SSSR count). The van der Waals surface area contributed by atoms with Gasteiger partial charge in [0.1, 0.15) is 11.8 Å². The molecule has 0 amide bonds. The first-order valence-corrected chi connectivity index (χ1v) is 6.16. The van der Waals surface area contributed by atoms with Gasteiger partial charge in [0, 0.05) is 12.1 Å². The Labute approximate surface area is 109 Å². The van der Waals surface area contributed by atoms with Gasteiger partial charge in [-0.05, 0) is 38.9 Å². The molecule has 0 heterocycles. The molecule has 0 aromatic heterocycles. The zero-order valence-corrected chi connectivity index (χ0v) is 11.1. The molecule has 0 unspecified atom stereocenters. The van der Waals surface area contributed by atoms with Gasteiger partial charge < -0.3 is 15.8 Å². The minimum Gasteiger partial charge on any atom is -0.492 e. The van der Waals surface area contributed by atoms with E-state index < -0.39 is 0 Å². The van der Waals surface area contributed by atoms with Crippen molar-refractivity contribution in [3.63, 3.8) is 0 Å². The van der Waals surface area contributed by atoms with Crippen molar-refractivity contribution in [2.24, 2.45) is 5.73 Å². The lowest BCUT2D eigenvalue weighted by Crippen LogP contribution is -2.46. The van der Waals surface area contributed by atoms with Gasteiger partial charge in [-0.3, -0.25) is 0 Å². The first-order valence-electron chi connectivity index (χ1n) is 6.16. The molecule has 4 nitrogen and oxygen atoms in total. The lowest BCUT2D eigenvalue weighted by Gasteiger charge is -2.24. The lowest BCUT2D eigenvalue weighted by atomic mass is 10.1. The maximum Gasteiger partial charge on any atom is 0.137 e. The van der Waals surface area contributed by atoms with Crippen molar-refractivity contribution in [3.05, 3.63) is 29.8 Å². The molecule has 0 fully saturated rings. The number of para-hydroxylation sites is 1. The van der Waals surface area contributed by atoms with Crippen LogP contribution in [0, 0.1) is 11.3 Å². The molecule has 0 saturated heterocycles. The summed E-state index contributed by atoms with van der Waals surface area (Å²) in [5.41, 5.74) is 6.16. The highest BCUT2D eigenvalue weighted by Crippen LogP contribution is 2.16. The molecular weight excluding hydrogens is 226 g/mol. The maximum absolute atomic E-state index is 8.90. The summed E-state index contributed by atoms with van der Waals surface area (Å²) in [5, 5.41) is 12.3. The first kappa shape index (κ1) is 14.5. The van der Waals surface area contributed by atoms with E-state index in [0.717, 1.165) is 13.0 Å². The number of nitriles is 1. The second-order valence-electron chi connectivity index (χ2n) is 4.82. The molecule has 1 aromatic rings. The Balaban J connectivity index is 2.29. The fourth-order valence-electron chi connectivity index (χ4n) is 1.44. The van der Waals surface area contributed by atoms with Crippen LogP contribution in [0.25, 0.3) is 0 Å². The second kappa shape index (κ2) is 7.00. The van der Waals surface area contributed by atoms with Gasteiger partial charge >= 0.3 is 0 Å². The summed E-state index contributed by atoms with van der Waals surface area (Å²) in [6.45, 7) is 6.17. The van der Waals surface area contributed by atoms with Gasteiger partial charge in [0.2, 0.25) is 0 Å². The van der Waals surface area contributed by atoms with Crippen LogP contribution in [0.3, 0.4) is 0 Å². The molecule has 18 heavy (non-hydrogen) atoms. The average Bonchev–Trinajstić information content (AvgIpc) is 2.38. The number of benzene rings is 1. The largest absolute Gasteiger partial charge is 0.492 e. The van der Waals surface area contributed by atoms with Crippen LogP contribution in [-0.2, 0) is 0 Å². The highest BCUT2D eigenvalue weighted by atomic mass is 16.5. The van der Waals surface area contributed by atoms with E-state index in [1.54, 1.807) is 6.07 Å². The van der Waals surface area contributed by atoms with E-state index in [1.807, 2.05) is 18.2 Å². The third-order valence-electron chi connectivity index (χ3n) is 2.70. The van der Waals surface area contributed by atoms with Crippen molar-refractivity contribution >= 4 is 0 Å². The molecule has 1 aromatic carbocycles. The number of rotatable bonds is 7. The molecule has 0 saturated carbocycles. The third kappa shape index (κ3) is 4.74. The maximum atomic E-state index is 8.90. The summed E-state index contributed by atoms with van der Waals surface area (Å²) >= 11 is 0. The molecule has 3 N–H and O–H groups in total. The molecule has 0 bridgehead atoms. The SMILES string of the molecule is CC(C)(CN)NCCCOc1ccccc1C#N. The quantitative estimate of drug-likeness (QED) is 0.719. The Bertz CT molecular complexity index is 410. The summed E-state index contributed by atoms with van der Waals surface area (Å²) < 4.78 is 5.58. The molecule has 0 atom stereocenters. The minimum absolute atomic E-state index is 0.0371. The predicted octanol–water partition coefficient (Wildman–Crippen LogP) is 1.65.